The van der Waals surface area contributed by atoms with Crippen molar-refractivity contribution in [3.05, 3.63) is 33.9 Å². The summed E-state index contributed by atoms with van der Waals surface area (Å²) >= 11 is 0.787. The van der Waals surface area contributed by atoms with Crippen molar-refractivity contribution < 1.29 is 23.2 Å². The molecule has 1 unspecified atom stereocenters. The standard InChI is InChI=1S/C11H11F2NO4S/c1-6(3-10(15)18-2)19-11-8(12)4-7(14(16)17)5-9(11)13/h4-6H,3H2,1-2H3. The summed E-state index contributed by atoms with van der Waals surface area (Å²) in [6.07, 6.45) is -0.0168. The average molecular weight is 291 g/mol. The summed E-state index contributed by atoms with van der Waals surface area (Å²) in [5.74, 6) is -2.54. The summed E-state index contributed by atoms with van der Waals surface area (Å²) < 4.78 is 31.6. The van der Waals surface area contributed by atoms with Crippen LogP contribution in [-0.2, 0) is 9.53 Å². The third-order valence-electron chi connectivity index (χ3n) is 2.19. The molecule has 0 aliphatic rings. The number of carbonyl (C=O) groups is 1. The van der Waals surface area contributed by atoms with Crippen LogP contribution < -0.4 is 0 Å². The van der Waals surface area contributed by atoms with Crippen LogP contribution in [-0.4, -0.2) is 23.3 Å². The fraction of sp³-hybridized carbons (Fsp3) is 0.364. The Morgan fingerprint density at radius 1 is 1.47 bits per heavy atom. The molecule has 0 heterocycles. The van der Waals surface area contributed by atoms with Crippen LogP contribution in [0, 0.1) is 21.7 Å². The van der Waals surface area contributed by atoms with Crippen molar-refractivity contribution in [3.8, 4) is 0 Å². The lowest BCUT2D eigenvalue weighted by atomic mass is 10.3. The number of non-ortho nitro benzene ring substituents is 1. The maximum Gasteiger partial charge on any atom is 0.306 e. The molecule has 8 heteroatoms. The molecule has 0 fully saturated rings. The number of rotatable bonds is 5. The molecule has 0 radical (unpaired) electrons. The van der Waals surface area contributed by atoms with E-state index in [4.69, 9.17) is 0 Å². The number of ether oxygens (including phenoxy) is 1. The van der Waals surface area contributed by atoms with Crippen LogP contribution >= 0.6 is 11.8 Å². The zero-order valence-electron chi connectivity index (χ0n) is 10.2. The van der Waals surface area contributed by atoms with Crippen molar-refractivity contribution >= 4 is 23.4 Å². The molecule has 5 nitrogen and oxygen atoms in total. The van der Waals surface area contributed by atoms with E-state index in [9.17, 15) is 23.7 Å². The lowest BCUT2D eigenvalue weighted by Crippen LogP contribution is -2.09. The number of hydrogen-bond acceptors (Lipinski definition) is 5. The number of esters is 1. The van der Waals surface area contributed by atoms with Crippen LogP contribution in [0.25, 0.3) is 0 Å². The highest BCUT2D eigenvalue weighted by atomic mass is 32.2. The first-order valence-electron chi connectivity index (χ1n) is 5.22. The van der Waals surface area contributed by atoms with Crippen LogP contribution in [0.3, 0.4) is 0 Å². The summed E-state index contributed by atoms with van der Waals surface area (Å²) in [5.41, 5.74) is -0.653. The minimum Gasteiger partial charge on any atom is -0.469 e. The highest BCUT2D eigenvalue weighted by Crippen LogP contribution is 2.32. The van der Waals surface area contributed by atoms with E-state index in [1.165, 1.54) is 7.11 Å². The van der Waals surface area contributed by atoms with Gasteiger partial charge in [-0.15, -0.1) is 11.8 Å². The Hall–Kier alpha value is -1.70. The molecule has 0 aromatic heterocycles. The zero-order chi connectivity index (χ0) is 14.6. The van der Waals surface area contributed by atoms with Crippen LogP contribution in [0.4, 0.5) is 14.5 Å². The Kier molecular flexibility index (Phi) is 5.22. The molecule has 0 aliphatic heterocycles. The number of nitro groups is 1. The van der Waals surface area contributed by atoms with Gasteiger partial charge in [-0.2, -0.15) is 0 Å². The number of benzene rings is 1. The first-order chi connectivity index (χ1) is 8.85. The Balaban J connectivity index is 2.90. The third-order valence-corrected chi connectivity index (χ3v) is 3.39. The normalized spacial score (nSPS) is 12.0. The van der Waals surface area contributed by atoms with E-state index >= 15 is 0 Å². The number of carbonyl (C=O) groups excluding carboxylic acids is 1. The molecule has 19 heavy (non-hydrogen) atoms. The number of nitrogens with zero attached hydrogens (tertiary/aromatic N) is 1. The lowest BCUT2D eigenvalue weighted by Gasteiger charge is -2.11. The summed E-state index contributed by atoms with van der Waals surface area (Å²) in [6, 6.07) is 1.30. The fourth-order valence-electron chi connectivity index (χ4n) is 1.33. The number of methoxy groups -OCH3 is 1. The molecule has 0 amide bonds. The van der Waals surface area contributed by atoms with E-state index in [1.807, 2.05) is 0 Å². The molecule has 0 spiro atoms. The van der Waals surface area contributed by atoms with Gasteiger partial charge in [-0.05, 0) is 0 Å². The molecule has 1 aromatic carbocycles. The number of halogens is 2. The van der Waals surface area contributed by atoms with Gasteiger partial charge in [-0.3, -0.25) is 14.9 Å². The summed E-state index contributed by atoms with van der Waals surface area (Å²) in [6.45, 7) is 1.60. The Bertz CT molecular complexity index is 486. The molecule has 0 saturated carbocycles. The highest BCUT2D eigenvalue weighted by molar-refractivity contribution is 8.00. The minimum absolute atomic E-state index is 0.0168. The molecule has 1 rings (SSSR count). The van der Waals surface area contributed by atoms with Gasteiger partial charge in [0.25, 0.3) is 5.69 Å². The molecule has 0 aliphatic carbocycles. The summed E-state index contributed by atoms with van der Waals surface area (Å²) in [5, 5.41) is 10.0. The molecule has 1 atom stereocenters. The second-order valence-electron chi connectivity index (χ2n) is 3.70. The van der Waals surface area contributed by atoms with Gasteiger partial charge in [0.15, 0.2) is 0 Å². The molecule has 104 valence electrons. The van der Waals surface area contributed by atoms with Crippen LogP contribution in [0.5, 0.6) is 0 Å². The van der Waals surface area contributed by atoms with Crippen LogP contribution in [0.15, 0.2) is 17.0 Å². The van der Waals surface area contributed by atoms with Crippen molar-refractivity contribution in [2.75, 3.05) is 7.11 Å². The van der Waals surface area contributed by atoms with Gasteiger partial charge in [0.1, 0.15) is 11.6 Å². The van der Waals surface area contributed by atoms with Gasteiger partial charge >= 0.3 is 5.97 Å². The molecule has 1 aromatic rings. The first kappa shape index (κ1) is 15.4. The van der Waals surface area contributed by atoms with Gasteiger partial charge in [0, 0.05) is 5.25 Å². The molecule has 0 saturated heterocycles. The maximum atomic E-state index is 13.6. The average Bonchev–Trinajstić information content (AvgIpc) is 2.33. The highest BCUT2D eigenvalue weighted by Gasteiger charge is 2.20. The Morgan fingerprint density at radius 2 is 2.00 bits per heavy atom. The van der Waals surface area contributed by atoms with Gasteiger partial charge in [-0.1, -0.05) is 6.92 Å². The van der Waals surface area contributed by atoms with E-state index < -0.39 is 33.5 Å². The predicted molar refractivity (Wildman–Crippen MR) is 65.0 cm³/mol. The van der Waals surface area contributed by atoms with E-state index in [2.05, 4.69) is 4.74 Å². The Morgan fingerprint density at radius 3 is 2.42 bits per heavy atom. The predicted octanol–water partition coefficient (Wildman–Crippen LogP) is 2.92. The maximum absolute atomic E-state index is 13.6. The fourth-order valence-corrected chi connectivity index (χ4v) is 2.29. The summed E-state index contributed by atoms with van der Waals surface area (Å²) in [4.78, 5) is 20.2. The zero-order valence-corrected chi connectivity index (χ0v) is 11.0. The van der Waals surface area contributed by atoms with Crippen molar-refractivity contribution in [1.29, 1.82) is 0 Å². The van der Waals surface area contributed by atoms with Gasteiger partial charge in [0.2, 0.25) is 0 Å². The number of nitro benzene ring substituents is 1. The second kappa shape index (κ2) is 6.46. The van der Waals surface area contributed by atoms with E-state index in [0.29, 0.717) is 12.1 Å². The molecular weight excluding hydrogens is 280 g/mol. The largest absolute Gasteiger partial charge is 0.469 e. The smallest absolute Gasteiger partial charge is 0.306 e. The SMILES string of the molecule is COC(=O)CC(C)Sc1c(F)cc([N+](=O)[O-])cc1F. The van der Waals surface area contributed by atoms with Crippen molar-refractivity contribution in [2.24, 2.45) is 0 Å². The van der Waals surface area contributed by atoms with Crippen molar-refractivity contribution in [3.63, 3.8) is 0 Å². The molecule has 0 N–H and O–H groups in total. The monoisotopic (exact) mass is 291 g/mol. The lowest BCUT2D eigenvalue weighted by molar-refractivity contribution is -0.385. The van der Waals surface area contributed by atoms with E-state index in [0.717, 1.165) is 11.8 Å². The van der Waals surface area contributed by atoms with Crippen molar-refractivity contribution in [2.45, 2.75) is 23.5 Å². The number of thioether (sulfide) groups is 1. The van der Waals surface area contributed by atoms with Gasteiger partial charge in [0.05, 0.1) is 35.5 Å². The van der Waals surface area contributed by atoms with Crippen molar-refractivity contribution in [1.82, 2.24) is 0 Å². The second-order valence-corrected chi connectivity index (χ2v) is 5.15. The number of hydrogen-bond donors (Lipinski definition) is 0. The van der Waals surface area contributed by atoms with Crippen LogP contribution in [0.1, 0.15) is 13.3 Å². The molecule has 0 bridgehead atoms. The van der Waals surface area contributed by atoms with Crippen LogP contribution in [0.2, 0.25) is 0 Å². The minimum atomic E-state index is -1.02. The van der Waals surface area contributed by atoms with Gasteiger partial charge in [-0.25, -0.2) is 8.78 Å². The van der Waals surface area contributed by atoms with E-state index in [-0.39, 0.29) is 11.3 Å². The van der Waals surface area contributed by atoms with E-state index in [1.54, 1.807) is 6.92 Å². The van der Waals surface area contributed by atoms with Gasteiger partial charge < -0.3 is 4.74 Å². The quantitative estimate of drug-likeness (QED) is 0.361. The molecular formula is C11H11F2NO4S. The summed E-state index contributed by atoms with van der Waals surface area (Å²) in [7, 11) is 1.22. The third kappa shape index (κ3) is 4.16. The first-order valence-corrected chi connectivity index (χ1v) is 6.10. The topological polar surface area (TPSA) is 69.4 Å². The Labute approximate surface area is 112 Å².